The molecule has 1 aromatic rings. The summed E-state index contributed by atoms with van der Waals surface area (Å²) in [7, 11) is 0. The van der Waals surface area contributed by atoms with Gasteiger partial charge in [-0.1, -0.05) is 20.8 Å². The molecule has 0 radical (unpaired) electrons. The number of hydrogen-bond donors (Lipinski definition) is 2. The summed E-state index contributed by atoms with van der Waals surface area (Å²) in [6.07, 6.45) is -4.47. The van der Waals surface area contributed by atoms with Crippen LogP contribution in [0.3, 0.4) is 0 Å². The Hall–Kier alpha value is -1.83. The molecule has 0 saturated heterocycles. The number of nitrogens with one attached hydrogen (secondary N) is 1. The smallest absolute Gasteiger partial charge is 0.391 e. The number of halogens is 3. The van der Waals surface area contributed by atoms with Crippen LogP contribution in [0.25, 0.3) is 0 Å². The van der Waals surface area contributed by atoms with E-state index in [9.17, 15) is 27.9 Å². The molecule has 1 aromatic heterocycles. The molecule has 5 nitrogen and oxygen atoms in total. The van der Waals surface area contributed by atoms with Crippen molar-refractivity contribution in [2.24, 2.45) is 5.41 Å². The molecular formula is C14H19F3N2O3. The summed E-state index contributed by atoms with van der Waals surface area (Å²) in [6.45, 7) is 4.75. The fraction of sp³-hybridized carbons (Fsp3) is 0.571. The minimum atomic E-state index is -4.76. The van der Waals surface area contributed by atoms with Crippen molar-refractivity contribution in [1.29, 1.82) is 0 Å². The summed E-state index contributed by atoms with van der Waals surface area (Å²) in [4.78, 5) is 23.4. The Morgan fingerprint density at radius 2 is 1.95 bits per heavy atom. The Labute approximate surface area is 125 Å². The summed E-state index contributed by atoms with van der Waals surface area (Å²) in [5, 5.41) is 12.2. The minimum absolute atomic E-state index is 0.0456. The first kappa shape index (κ1) is 18.2. The van der Waals surface area contributed by atoms with Crippen molar-refractivity contribution >= 4 is 5.91 Å². The van der Waals surface area contributed by atoms with Crippen molar-refractivity contribution in [2.75, 3.05) is 6.54 Å². The van der Waals surface area contributed by atoms with Gasteiger partial charge in [-0.05, 0) is 17.5 Å². The molecule has 1 heterocycles. The molecule has 0 aliphatic carbocycles. The highest BCUT2D eigenvalue weighted by molar-refractivity contribution is 5.75. The predicted octanol–water partition coefficient (Wildman–Crippen LogP) is 1.39. The number of aromatic nitrogens is 1. The molecule has 0 spiro atoms. The summed E-state index contributed by atoms with van der Waals surface area (Å²) in [5.41, 5.74) is -3.04. The van der Waals surface area contributed by atoms with E-state index in [4.69, 9.17) is 0 Å². The van der Waals surface area contributed by atoms with Crippen molar-refractivity contribution in [3.63, 3.8) is 0 Å². The lowest BCUT2D eigenvalue weighted by Gasteiger charge is -2.25. The van der Waals surface area contributed by atoms with E-state index >= 15 is 0 Å². The third-order valence-corrected chi connectivity index (χ3v) is 3.13. The van der Waals surface area contributed by atoms with E-state index in [1.807, 2.05) is 0 Å². The highest BCUT2D eigenvalue weighted by atomic mass is 19.4. The molecule has 1 atom stereocenters. The fourth-order valence-electron chi connectivity index (χ4n) is 1.60. The lowest BCUT2D eigenvalue weighted by Crippen LogP contribution is -2.41. The monoisotopic (exact) mass is 320 g/mol. The number of aliphatic hydroxyl groups excluding tert-OH is 1. The maximum Gasteiger partial charge on any atom is 0.421 e. The van der Waals surface area contributed by atoms with E-state index < -0.39 is 41.3 Å². The second kappa shape index (κ2) is 6.51. The Kier molecular flexibility index (Phi) is 5.39. The second-order valence-corrected chi connectivity index (χ2v) is 6.04. The van der Waals surface area contributed by atoms with Crippen LogP contribution in [0.4, 0.5) is 13.2 Å². The molecular weight excluding hydrogens is 301 g/mol. The number of rotatable bonds is 4. The van der Waals surface area contributed by atoms with E-state index in [0.717, 1.165) is 12.3 Å². The van der Waals surface area contributed by atoms with Crippen LogP contribution in [0, 0.1) is 5.41 Å². The predicted molar refractivity (Wildman–Crippen MR) is 74.2 cm³/mol. The van der Waals surface area contributed by atoms with E-state index in [1.54, 1.807) is 20.8 Å². The maximum atomic E-state index is 12.6. The van der Waals surface area contributed by atoms with Crippen molar-refractivity contribution in [1.82, 2.24) is 9.88 Å². The lowest BCUT2D eigenvalue weighted by molar-refractivity contribution is -0.139. The van der Waals surface area contributed by atoms with Crippen LogP contribution in [-0.4, -0.2) is 28.2 Å². The molecule has 8 heteroatoms. The van der Waals surface area contributed by atoms with Crippen LogP contribution in [0.2, 0.25) is 0 Å². The first-order valence-corrected chi connectivity index (χ1v) is 6.64. The van der Waals surface area contributed by atoms with Crippen molar-refractivity contribution in [2.45, 2.75) is 39.6 Å². The minimum Gasteiger partial charge on any atom is -0.391 e. The zero-order chi connectivity index (χ0) is 17.1. The van der Waals surface area contributed by atoms with Crippen LogP contribution in [0.1, 0.15) is 26.3 Å². The zero-order valence-corrected chi connectivity index (χ0v) is 12.6. The van der Waals surface area contributed by atoms with Gasteiger partial charge in [0.25, 0.3) is 5.56 Å². The van der Waals surface area contributed by atoms with Gasteiger partial charge in [0, 0.05) is 12.7 Å². The first-order chi connectivity index (χ1) is 9.93. The summed E-state index contributed by atoms with van der Waals surface area (Å²) < 4.78 is 38.5. The second-order valence-electron chi connectivity index (χ2n) is 6.04. The Morgan fingerprint density at radius 1 is 1.36 bits per heavy atom. The number of carbonyl (C=O) groups is 1. The van der Waals surface area contributed by atoms with Crippen LogP contribution in [-0.2, 0) is 17.5 Å². The number of aliphatic hydroxyl groups is 1. The first-order valence-electron chi connectivity index (χ1n) is 6.64. The molecule has 0 aromatic carbocycles. The molecule has 0 saturated carbocycles. The van der Waals surface area contributed by atoms with E-state index in [0.29, 0.717) is 10.6 Å². The zero-order valence-electron chi connectivity index (χ0n) is 12.6. The Morgan fingerprint density at radius 3 is 2.45 bits per heavy atom. The standard InChI is InChI=1S/C14H19F3N2O3/c1-13(2,3)10(20)7-18-11(21)8-19-6-4-5-9(12(19)22)14(15,16)17/h4-6,10,20H,7-8H2,1-3H3,(H,18,21). The highest BCUT2D eigenvalue weighted by Crippen LogP contribution is 2.25. The van der Waals surface area contributed by atoms with Gasteiger partial charge in [-0.2, -0.15) is 13.2 Å². The van der Waals surface area contributed by atoms with Gasteiger partial charge in [0.1, 0.15) is 12.1 Å². The van der Waals surface area contributed by atoms with Crippen LogP contribution < -0.4 is 10.9 Å². The number of alkyl halides is 3. The van der Waals surface area contributed by atoms with Gasteiger partial charge in [-0.3, -0.25) is 9.59 Å². The van der Waals surface area contributed by atoms with Crippen LogP contribution in [0.15, 0.2) is 23.1 Å². The van der Waals surface area contributed by atoms with Crippen LogP contribution >= 0.6 is 0 Å². The van der Waals surface area contributed by atoms with Gasteiger partial charge >= 0.3 is 6.18 Å². The lowest BCUT2D eigenvalue weighted by atomic mass is 9.89. The van der Waals surface area contributed by atoms with Crippen molar-refractivity contribution in [3.8, 4) is 0 Å². The fourth-order valence-corrected chi connectivity index (χ4v) is 1.60. The average molecular weight is 320 g/mol. The number of nitrogens with zero attached hydrogens (tertiary/aromatic N) is 1. The van der Waals surface area contributed by atoms with Gasteiger partial charge in [-0.25, -0.2) is 0 Å². The summed E-state index contributed by atoms with van der Waals surface area (Å²) in [5.74, 6) is -0.648. The van der Waals surface area contributed by atoms with E-state index in [2.05, 4.69) is 5.32 Å². The third-order valence-electron chi connectivity index (χ3n) is 3.13. The van der Waals surface area contributed by atoms with Crippen molar-refractivity contribution < 1.29 is 23.1 Å². The number of amides is 1. The van der Waals surface area contributed by atoms with Gasteiger partial charge in [0.15, 0.2) is 0 Å². The molecule has 1 amide bonds. The van der Waals surface area contributed by atoms with E-state index in [1.165, 1.54) is 0 Å². The maximum absolute atomic E-state index is 12.6. The summed E-state index contributed by atoms with van der Waals surface area (Å²) in [6, 6.07) is 1.72. The van der Waals surface area contributed by atoms with Gasteiger partial charge in [0.05, 0.1) is 6.10 Å². The van der Waals surface area contributed by atoms with Gasteiger partial charge in [-0.15, -0.1) is 0 Å². The molecule has 124 valence electrons. The molecule has 0 bridgehead atoms. The molecule has 2 N–H and O–H groups in total. The number of carbonyl (C=O) groups excluding carboxylic acids is 1. The van der Waals surface area contributed by atoms with Gasteiger partial charge in [0.2, 0.25) is 5.91 Å². The molecule has 1 unspecified atom stereocenters. The van der Waals surface area contributed by atoms with E-state index in [-0.39, 0.29) is 6.54 Å². The summed E-state index contributed by atoms with van der Waals surface area (Å²) >= 11 is 0. The average Bonchev–Trinajstić information content (AvgIpc) is 2.35. The topological polar surface area (TPSA) is 71.3 Å². The molecule has 0 fully saturated rings. The Bertz CT molecular complexity index is 588. The normalized spacial score (nSPS) is 13.8. The number of pyridine rings is 1. The SMILES string of the molecule is CC(C)(C)C(O)CNC(=O)Cn1cccc(C(F)(F)F)c1=O. The molecule has 1 rings (SSSR count). The molecule has 22 heavy (non-hydrogen) atoms. The van der Waals surface area contributed by atoms with Crippen LogP contribution in [0.5, 0.6) is 0 Å². The quantitative estimate of drug-likeness (QED) is 0.881. The largest absolute Gasteiger partial charge is 0.421 e. The van der Waals surface area contributed by atoms with Crippen molar-refractivity contribution in [3.05, 3.63) is 34.2 Å². The Balaban J connectivity index is 2.76. The van der Waals surface area contributed by atoms with Gasteiger partial charge < -0.3 is 15.0 Å². The molecule has 0 aliphatic rings. The highest BCUT2D eigenvalue weighted by Gasteiger charge is 2.34. The molecule has 0 aliphatic heterocycles. The number of hydrogen-bond acceptors (Lipinski definition) is 3. The third kappa shape index (κ3) is 4.87.